The first kappa shape index (κ1) is 18.8. The van der Waals surface area contributed by atoms with Crippen molar-refractivity contribution in [1.29, 1.82) is 0 Å². The molecule has 4 rings (SSSR count). The van der Waals surface area contributed by atoms with Crippen LogP contribution in [0.4, 0.5) is 9.18 Å². The fourth-order valence-electron chi connectivity index (χ4n) is 3.98. The molecule has 148 valence electrons. The Morgan fingerprint density at radius 3 is 2.75 bits per heavy atom. The standard InChI is InChI=1S/C21H25FN4O2/c1-3-14-4-5-15(12-18(14)22)20-17-13-24(2)9-8-19(17)26(23-20)21(28)25-10-6-16(27)7-11-25/h3-5,12,16,27H,1,6-11,13H2,2H3. The molecule has 0 unspecified atom stereocenters. The number of aromatic nitrogens is 2. The van der Waals surface area contributed by atoms with Gasteiger partial charge in [0.05, 0.1) is 17.5 Å². The van der Waals surface area contributed by atoms with Gasteiger partial charge in [0.15, 0.2) is 0 Å². The van der Waals surface area contributed by atoms with Gasteiger partial charge in [-0.3, -0.25) is 0 Å². The number of nitrogens with zero attached hydrogens (tertiary/aromatic N) is 4. The zero-order chi connectivity index (χ0) is 19.8. The number of piperidine rings is 1. The largest absolute Gasteiger partial charge is 0.393 e. The zero-order valence-corrected chi connectivity index (χ0v) is 16.1. The van der Waals surface area contributed by atoms with Crippen molar-refractivity contribution in [3.05, 3.63) is 47.4 Å². The summed E-state index contributed by atoms with van der Waals surface area (Å²) in [7, 11) is 2.03. The first-order valence-electron chi connectivity index (χ1n) is 9.67. The number of benzene rings is 1. The number of rotatable bonds is 2. The lowest BCUT2D eigenvalue weighted by Gasteiger charge is -2.30. The van der Waals surface area contributed by atoms with Crippen molar-refractivity contribution in [3.8, 4) is 11.3 Å². The van der Waals surface area contributed by atoms with Crippen LogP contribution in [0.3, 0.4) is 0 Å². The minimum Gasteiger partial charge on any atom is -0.393 e. The number of carbonyl (C=O) groups excluding carboxylic acids is 1. The lowest BCUT2D eigenvalue weighted by Crippen LogP contribution is -2.43. The maximum absolute atomic E-state index is 14.3. The third kappa shape index (κ3) is 3.36. The van der Waals surface area contributed by atoms with E-state index in [0.717, 1.165) is 17.8 Å². The van der Waals surface area contributed by atoms with Crippen LogP contribution in [0.5, 0.6) is 0 Å². The molecule has 1 N–H and O–H groups in total. The summed E-state index contributed by atoms with van der Waals surface area (Å²) in [5.74, 6) is -0.351. The lowest BCUT2D eigenvalue weighted by molar-refractivity contribution is 0.0930. The molecule has 0 aliphatic carbocycles. The second-order valence-electron chi connectivity index (χ2n) is 7.61. The van der Waals surface area contributed by atoms with Crippen molar-refractivity contribution in [2.24, 2.45) is 0 Å². The summed E-state index contributed by atoms with van der Waals surface area (Å²) in [5.41, 5.74) is 3.64. The molecule has 7 heteroatoms. The van der Waals surface area contributed by atoms with Gasteiger partial charge in [0.2, 0.25) is 0 Å². The molecule has 2 aliphatic heterocycles. The average Bonchev–Trinajstić information content (AvgIpc) is 3.06. The number of fused-ring (bicyclic) bond motifs is 1. The Morgan fingerprint density at radius 1 is 1.32 bits per heavy atom. The highest BCUT2D eigenvalue weighted by Gasteiger charge is 2.30. The van der Waals surface area contributed by atoms with Crippen molar-refractivity contribution in [3.63, 3.8) is 0 Å². The molecule has 1 aromatic heterocycles. The smallest absolute Gasteiger partial charge is 0.344 e. The zero-order valence-electron chi connectivity index (χ0n) is 16.1. The Labute approximate surface area is 163 Å². The Hall–Kier alpha value is -2.51. The van der Waals surface area contributed by atoms with Gasteiger partial charge in [-0.1, -0.05) is 24.8 Å². The van der Waals surface area contributed by atoms with Gasteiger partial charge < -0.3 is 14.9 Å². The average molecular weight is 384 g/mol. The molecule has 0 saturated carbocycles. The number of hydrogen-bond donors (Lipinski definition) is 1. The van der Waals surface area contributed by atoms with E-state index in [-0.39, 0.29) is 18.0 Å². The highest BCUT2D eigenvalue weighted by atomic mass is 19.1. The van der Waals surface area contributed by atoms with Gasteiger partial charge in [-0.15, -0.1) is 0 Å². The Morgan fingerprint density at radius 2 is 2.07 bits per heavy atom. The molecule has 0 atom stereocenters. The third-order valence-electron chi connectivity index (χ3n) is 5.66. The van der Waals surface area contributed by atoms with Crippen LogP contribution in [0.25, 0.3) is 17.3 Å². The number of amides is 1. The molecule has 2 aromatic rings. The molecular weight excluding hydrogens is 359 g/mol. The first-order chi connectivity index (χ1) is 13.5. The topological polar surface area (TPSA) is 61.6 Å². The molecule has 2 aliphatic rings. The van der Waals surface area contributed by atoms with Crippen LogP contribution in [0.15, 0.2) is 24.8 Å². The third-order valence-corrected chi connectivity index (χ3v) is 5.66. The van der Waals surface area contributed by atoms with E-state index in [1.807, 2.05) is 13.1 Å². The van der Waals surface area contributed by atoms with Crippen LogP contribution in [-0.4, -0.2) is 63.5 Å². The molecule has 28 heavy (non-hydrogen) atoms. The van der Waals surface area contributed by atoms with Gasteiger partial charge >= 0.3 is 6.03 Å². The normalized spacial score (nSPS) is 18.2. The molecule has 1 saturated heterocycles. The molecule has 1 aromatic carbocycles. The maximum atomic E-state index is 14.3. The van der Waals surface area contributed by atoms with Gasteiger partial charge in [-0.2, -0.15) is 9.78 Å². The Kier molecular flexibility index (Phi) is 5.03. The van der Waals surface area contributed by atoms with E-state index in [9.17, 15) is 14.3 Å². The number of carbonyl (C=O) groups is 1. The molecule has 3 heterocycles. The van der Waals surface area contributed by atoms with Crippen LogP contribution in [0.1, 0.15) is 29.7 Å². The summed E-state index contributed by atoms with van der Waals surface area (Å²) >= 11 is 0. The number of aliphatic hydroxyl groups is 1. The quantitative estimate of drug-likeness (QED) is 0.865. The van der Waals surface area contributed by atoms with Gasteiger partial charge in [-0.05, 0) is 26.0 Å². The molecule has 1 amide bonds. The van der Waals surface area contributed by atoms with Crippen molar-refractivity contribution < 1.29 is 14.3 Å². The van der Waals surface area contributed by atoms with Crippen LogP contribution in [0, 0.1) is 5.82 Å². The highest BCUT2D eigenvalue weighted by Crippen LogP contribution is 2.31. The number of likely N-dealkylation sites (N-methyl/N-ethyl adjacent to an activating group) is 1. The molecule has 6 nitrogen and oxygen atoms in total. The molecule has 0 radical (unpaired) electrons. The van der Waals surface area contributed by atoms with Crippen LogP contribution in [0.2, 0.25) is 0 Å². The van der Waals surface area contributed by atoms with Crippen LogP contribution in [-0.2, 0) is 13.0 Å². The van der Waals surface area contributed by atoms with Gasteiger partial charge in [-0.25, -0.2) is 9.18 Å². The number of hydrogen-bond acceptors (Lipinski definition) is 4. The Balaban J connectivity index is 1.74. The molecule has 0 bridgehead atoms. The fraction of sp³-hybridized carbons (Fsp3) is 0.429. The van der Waals surface area contributed by atoms with E-state index in [4.69, 9.17) is 0 Å². The number of halogens is 1. The number of aliphatic hydroxyl groups excluding tert-OH is 1. The molecular formula is C21H25FN4O2. The van der Waals surface area contributed by atoms with Gasteiger partial charge in [0.1, 0.15) is 5.82 Å². The summed E-state index contributed by atoms with van der Waals surface area (Å²) < 4.78 is 15.8. The van der Waals surface area contributed by atoms with Crippen molar-refractivity contribution in [1.82, 2.24) is 19.6 Å². The van der Waals surface area contributed by atoms with Crippen LogP contribution >= 0.6 is 0 Å². The SMILES string of the molecule is C=Cc1ccc(-c2nn(C(=O)N3CCC(O)CC3)c3c2CN(C)CC3)cc1F. The fourth-order valence-corrected chi connectivity index (χ4v) is 3.98. The predicted molar refractivity (Wildman–Crippen MR) is 105 cm³/mol. The van der Waals surface area contributed by atoms with E-state index >= 15 is 0 Å². The van der Waals surface area contributed by atoms with E-state index in [2.05, 4.69) is 16.6 Å². The predicted octanol–water partition coefficient (Wildman–Crippen LogP) is 2.74. The van der Waals surface area contributed by atoms with Gasteiger partial charge in [0, 0.05) is 49.3 Å². The monoisotopic (exact) mass is 384 g/mol. The summed E-state index contributed by atoms with van der Waals surface area (Å²) in [6.45, 7) is 6.17. The highest BCUT2D eigenvalue weighted by molar-refractivity contribution is 5.79. The molecule has 0 spiro atoms. The van der Waals surface area contributed by atoms with E-state index in [1.54, 1.807) is 11.0 Å². The second kappa shape index (κ2) is 7.48. The van der Waals surface area contributed by atoms with Crippen molar-refractivity contribution >= 4 is 12.1 Å². The summed E-state index contributed by atoms with van der Waals surface area (Å²) in [6.07, 6.45) is 3.02. The van der Waals surface area contributed by atoms with E-state index in [0.29, 0.717) is 55.7 Å². The molecule has 1 fully saturated rings. The van der Waals surface area contributed by atoms with Crippen molar-refractivity contribution in [2.45, 2.75) is 31.9 Å². The van der Waals surface area contributed by atoms with Crippen molar-refractivity contribution in [2.75, 3.05) is 26.7 Å². The Bertz CT molecular complexity index is 915. The first-order valence-corrected chi connectivity index (χ1v) is 9.67. The maximum Gasteiger partial charge on any atom is 0.344 e. The van der Waals surface area contributed by atoms with Crippen LogP contribution < -0.4 is 0 Å². The lowest BCUT2D eigenvalue weighted by atomic mass is 10.00. The second-order valence-corrected chi connectivity index (χ2v) is 7.61. The minimum absolute atomic E-state index is 0.165. The number of likely N-dealkylation sites (tertiary alicyclic amines) is 1. The summed E-state index contributed by atoms with van der Waals surface area (Å²) in [6, 6.07) is 4.80. The summed E-state index contributed by atoms with van der Waals surface area (Å²) in [5, 5.41) is 14.3. The van der Waals surface area contributed by atoms with Gasteiger partial charge in [0.25, 0.3) is 0 Å². The summed E-state index contributed by atoms with van der Waals surface area (Å²) in [4.78, 5) is 17.0. The van der Waals surface area contributed by atoms with E-state index in [1.165, 1.54) is 16.8 Å². The van der Waals surface area contributed by atoms with E-state index < -0.39 is 0 Å². The minimum atomic E-state index is -0.351.